The Balaban J connectivity index is 1.49. The summed E-state index contributed by atoms with van der Waals surface area (Å²) in [6.45, 7) is 20.9. The van der Waals surface area contributed by atoms with Crippen LogP contribution >= 0.6 is 0 Å². The molecule has 4 nitrogen and oxygen atoms in total. The van der Waals surface area contributed by atoms with Gasteiger partial charge >= 0.3 is 0 Å². The van der Waals surface area contributed by atoms with E-state index < -0.39 is 0 Å². The minimum atomic E-state index is 0.221. The predicted octanol–water partition coefficient (Wildman–Crippen LogP) is 6.97. The van der Waals surface area contributed by atoms with E-state index in [0.29, 0.717) is 21.7 Å². The highest BCUT2D eigenvalue weighted by Gasteiger charge is 2.46. The van der Waals surface area contributed by atoms with Crippen molar-refractivity contribution in [1.29, 1.82) is 0 Å². The number of rotatable bonds is 8. The Labute approximate surface area is 189 Å². The smallest absolute Gasteiger partial charge is 0.117 e. The van der Waals surface area contributed by atoms with Gasteiger partial charge in [0.05, 0.1) is 11.6 Å². The number of aryl methyl sites for hydroxylation is 1. The summed E-state index contributed by atoms with van der Waals surface area (Å²) in [6.07, 6.45) is 14.5. The van der Waals surface area contributed by atoms with Crippen molar-refractivity contribution < 1.29 is 0 Å². The largest absolute Gasteiger partial charge is 0.334 e. The van der Waals surface area contributed by atoms with E-state index in [-0.39, 0.29) is 5.92 Å². The fourth-order valence-electron chi connectivity index (χ4n) is 5.98. The first kappa shape index (κ1) is 22.6. The van der Waals surface area contributed by atoms with Crippen LogP contribution in [-0.4, -0.2) is 19.1 Å². The third kappa shape index (κ3) is 5.43. The molecule has 0 aromatic carbocycles. The monoisotopic (exact) mass is 424 g/mol. The summed E-state index contributed by atoms with van der Waals surface area (Å²) in [5, 5.41) is 0. The minimum absolute atomic E-state index is 0.221. The number of imidazole rings is 2. The van der Waals surface area contributed by atoms with Gasteiger partial charge in [-0.15, -0.1) is 0 Å². The van der Waals surface area contributed by atoms with Crippen molar-refractivity contribution >= 4 is 0 Å². The molecule has 0 amide bonds. The molecule has 0 bridgehead atoms. The highest BCUT2D eigenvalue weighted by atomic mass is 15.1. The Bertz CT molecular complexity index is 910. The summed E-state index contributed by atoms with van der Waals surface area (Å²) in [5.41, 5.74) is 2.88. The molecule has 0 aliphatic heterocycles. The molecule has 4 rings (SSSR count). The van der Waals surface area contributed by atoms with Gasteiger partial charge in [0.2, 0.25) is 0 Å². The lowest BCUT2D eigenvalue weighted by atomic mass is 9.82. The zero-order chi connectivity index (χ0) is 22.7. The van der Waals surface area contributed by atoms with E-state index in [0.717, 1.165) is 24.6 Å². The van der Waals surface area contributed by atoms with Gasteiger partial charge in [-0.25, -0.2) is 9.97 Å². The van der Waals surface area contributed by atoms with Gasteiger partial charge in [-0.2, -0.15) is 0 Å². The topological polar surface area (TPSA) is 35.6 Å². The van der Waals surface area contributed by atoms with Crippen LogP contribution in [0.25, 0.3) is 0 Å². The molecule has 2 heterocycles. The summed E-state index contributed by atoms with van der Waals surface area (Å²) in [4.78, 5) is 9.79. The maximum Gasteiger partial charge on any atom is 0.117 e. The lowest BCUT2D eigenvalue weighted by molar-refractivity contribution is 0.250. The van der Waals surface area contributed by atoms with Crippen LogP contribution in [-0.2, 0) is 13.1 Å². The van der Waals surface area contributed by atoms with Crippen LogP contribution in [0.5, 0.6) is 0 Å². The van der Waals surface area contributed by atoms with Gasteiger partial charge in [-0.05, 0) is 74.0 Å². The van der Waals surface area contributed by atoms with Crippen molar-refractivity contribution in [2.45, 2.75) is 113 Å². The fourth-order valence-corrected chi connectivity index (χ4v) is 5.98. The molecule has 4 heteroatoms. The normalized spacial score (nSPS) is 20.6. The van der Waals surface area contributed by atoms with Gasteiger partial charge in [0, 0.05) is 31.7 Å². The lowest BCUT2D eigenvalue weighted by Gasteiger charge is -2.27. The van der Waals surface area contributed by atoms with E-state index in [9.17, 15) is 0 Å². The molecule has 2 fully saturated rings. The molecule has 1 atom stereocenters. The second-order valence-electron chi connectivity index (χ2n) is 13.5. The standard InChI is InChI=1S/C27H44N4/c1-20(23-28-13-14-30(23)18-26(9-10-26)16-24(3,4)5)22-15-31(21(2)29-22)19-27(11-12-27)17-25(6,7)8/h13-15,20H,9-12,16-19H2,1-8H3. The summed E-state index contributed by atoms with van der Waals surface area (Å²) >= 11 is 0. The number of hydrogen-bond donors (Lipinski definition) is 0. The van der Waals surface area contributed by atoms with Crippen LogP contribution in [0.2, 0.25) is 0 Å². The Morgan fingerprint density at radius 1 is 0.903 bits per heavy atom. The van der Waals surface area contributed by atoms with E-state index in [1.807, 2.05) is 6.20 Å². The Kier molecular flexibility index (Phi) is 5.46. The summed E-state index contributed by atoms with van der Waals surface area (Å²) in [7, 11) is 0. The Morgan fingerprint density at radius 2 is 1.42 bits per heavy atom. The van der Waals surface area contributed by atoms with Crippen LogP contribution in [0.3, 0.4) is 0 Å². The molecule has 2 aromatic rings. The van der Waals surface area contributed by atoms with Gasteiger partial charge in [-0.1, -0.05) is 41.5 Å². The molecule has 31 heavy (non-hydrogen) atoms. The molecule has 2 aliphatic rings. The SMILES string of the molecule is Cc1nc(C(C)c2nccn2CC2(CC(C)(C)C)CC2)cn1CC1(CC(C)(C)C)CC1. The van der Waals surface area contributed by atoms with Crippen LogP contribution in [0, 0.1) is 28.6 Å². The Hall–Kier alpha value is -1.58. The van der Waals surface area contributed by atoms with Crippen LogP contribution in [0.4, 0.5) is 0 Å². The zero-order valence-electron chi connectivity index (χ0n) is 21.3. The third-order valence-corrected chi connectivity index (χ3v) is 7.31. The number of hydrogen-bond acceptors (Lipinski definition) is 2. The molecule has 0 radical (unpaired) electrons. The van der Waals surface area contributed by atoms with E-state index in [1.165, 1.54) is 44.3 Å². The van der Waals surface area contributed by atoms with Crippen LogP contribution in [0.1, 0.15) is 110 Å². The summed E-state index contributed by atoms with van der Waals surface area (Å²) in [5.74, 6) is 2.53. The molecule has 0 N–H and O–H groups in total. The van der Waals surface area contributed by atoms with Gasteiger partial charge in [0.25, 0.3) is 0 Å². The first-order valence-electron chi connectivity index (χ1n) is 12.3. The van der Waals surface area contributed by atoms with Crippen molar-refractivity contribution in [2.24, 2.45) is 21.7 Å². The molecular weight excluding hydrogens is 380 g/mol. The summed E-state index contributed by atoms with van der Waals surface area (Å²) < 4.78 is 4.83. The molecule has 172 valence electrons. The molecule has 0 saturated heterocycles. The molecule has 0 spiro atoms. The highest BCUT2D eigenvalue weighted by Crippen LogP contribution is 2.55. The third-order valence-electron chi connectivity index (χ3n) is 7.31. The summed E-state index contributed by atoms with van der Waals surface area (Å²) in [6, 6.07) is 0. The van der Waals surface area contributed by atoms with Crippen molar-refractivity contribution in [3.05, 3.63) is 35.9 Å². The molecular formula is C27H44N4. The molecule has 2 aromatic heterocycles. The van der Waals surface area contributed by atoms with E-state index in [1.54, 1.807) is 0 Å². The van der Waals surface area contributed by atoms with E-state index in [4.69, 9.17) is 9.97 Å². The predicted molar refractivity (Wildman–Crippen MR) is 128 cm³/mol. The van der Waals surface area contributed by atoms with Gasteiger partial charge in [-0.3, -0.25) is 0 Å². The second kappa shape index (κ2) is 7.49. The second-order valence-corrected chi connectivity index (χ2v) is 13.5. The van der Waals surface area contributed by atoms with Gasteiger partial charge < -0.3 is 9.13 Å². The fraction of sp³-hybridized carbons (Fsp3) is 0.778. The quantitative estimate of drug-likeness (QED) is 0.458. The van der Waals surface area contributed by atoms with E-state index in [2.05, 4.69) is 76.9 Å². The maximum absolute atomic E-state index is 5.00. The van der Waals surface area contributed by atoms with Crippen molar-refractivity contribution in [1.82, 2.24) is 19.1 Å². The Morgan fingerprint density at radius 3 is 1.90 bits per heavy atom. The minimum Gasteiger partial charge on any atom is -0.334 e. The van der Waals surface area contributed by atoms with Gasteiger partial charge in [0.1, 0.15) is 11.6 Å². The van der Waals surface area contributed by atoms with Gasteiger partial charge in [0.15, 0.2) is 0 Å². The lowest BCUT2D eigenvalue weighted by Crippen LogP contribution is -2.21. The average Bonchev–Trinajstić information content (AvgIpc) is 3.43. The molecule has 2 saturated carbocycles. The van der Waals surface area contributed by atoms with Crippen molar-refractivity contribution in [3.8, 4) is 0 Å². The first-order valence-corrected chi connectivity index (χ1v) is 12.3. The first-order chi connectivity index (χ1) is 14.3. The average molecular weight is 425 g/mol. The van der Waals surface area contributed by atoms with E-state index >= 15 is 0 Å². The molecule has 1 unspecified atom stereocenters. The van der Waals surface area contributed by atoms with Crippen molar-refractivity contribution in [3.63, 3.8) is 0 Å². The van der Waals surface area contributed by atoms with Crippen molar-refractivity contribution in [2.75, 3.05) is 0 Å². The van der Waals surface area contributed by atoms with Crippen LogP contribution in [0.15, 0.2) is 18.6 Å². The number of aromatic nitrogens is 4. The maximum atomic E-state index is 5.00. The zero-order valence-corrected chi connectivity index (χ0v) is 21.3. The highest BCUT2D eigenvalue weighted by molar-refractivity contribution is 5.19. The molecule has 2 aliphatic carbocycles. The number of nitrogens with zero attached hydrogens (tertiary/aromatic N) is 4. The van der Waals surface area contributed by atoms with Crippen LogP contribution < -0.4 is 0 Å².